The van der Waals surface area contributed by atoms with E-state index in [0.29, 0.717) is 43.5 Å². The molecule has 0 bridgehead atoms. The van der Waals surface area contributed by atoms with E-state index in [4.69, 9.17) is 4.74 Å². The van der Waals surface area contributed by atoms with Gasteiger partial charge in [0.2, 0.25) is 5.95 Å². The Morgan fingerprint density at radius 1 is 1.11 bits per heavy atom. The van der Waals surface area contributed by atoms with Crippen molar-refractivity contribution in [3.63, 3.8) is 0 Å². The molecule has 3 aromatic heterocycles. The molecule has 0 atom stereocenters. The Morgan fingerprint density at radius 2 is 1.91 bits per heavy atom. The van der Waals surface area contributed by atoms with Crippen molar-refractivity contribution in [1.82, 2.24) is 29.7 Å². The summed E-state index contributed by atoms with van der Waals surface area (Å²) in [5, 5.41) is 5.01. The third kappa shape index (κ3) is 4.91. The number of thiazole rings is 2. The maximum Gasteiger partial charge on any atom is 0.409 e. The quantitative estimate of drug-likeness (QED) is 0.426. The zero-order valence-corrected chi connectivity index (χ0v) is 20.2. The van der Waals surface area contributed by atoms with Gasteiger partial charge >= 0.3 is 6.09 Å². The third-order valence-electron chi connectivity index (χ3n) is 5.38. The number of benzene rings is 1. The highest BCUT2D eigenvalue weighted by Crippen LogP contribution is 2.28. The van der Waals surface area contributed by atoms with Crippen LogP contribution in [0.15, 0.2) is 35.3 Å². The normalized spacial score (nSPS) is 13.8. The van der Waals surface area contributed by atoms with Crippen LogP contribution in [0.5, 0.6) is 0 Å². The lowest BCUT2D eigenvalue weighted by molar-refractivity contribution is 0.0566. The van der Waals surface area contributed by atoms with E-state index in [1.165, 1.54) is 22.7 Å². The molecule has 1 aromatic carbocycles. The van der Waals surface area contributed by atoms with Gasteiger partial charge in [-0.05, 0) is 19.1 Å². The summed E-state index contributed by atoms with van der Waals surface area (Å²) in [4.78, 5) is 44.9. The van der Waals surface area contributed by atoms with Gasteiger partial charge in [0.1, 0.15) is 11.4 Å². The number of nitrogens with zero attached hydrogens (tertiary/aromatic N) is 6. The Kier molecular flexibility index (Phi) is 6.51. The number of aromatic nitrogens is 4. The molecule has 5 rings (SSSR count). The number of carbonyl (C=O) groups excluding carboxylic acids is 2. The molecule has 1 saturated heterocycles. The van der Waals surface area contributed by atoms with E-state index in [0.717, 1.165) is 16.4 Å². The van der Waals surface area contributed by atoms with Gasteiger partial charge in [0.15, 0.2) is 10.9 Å². The maximum atomic E-state index is 14.5. The summed E-state index contributed by atoms with van der Waals surface area (Å²) < 4.78 is 20.4. The third-order valence-corrected chi connectivity index (χ3v) is 6.93. The Balaban J connectivity index is 1.26. The monoisotopic (exact) mass is 513 g/mol. The summed E-state index contributed by atoms with van der Waals surface area (Å²) in [5.41, 5.74) is 3.63. The van der Waals surface area contributed by atoms with Gasteiger partial charge in [0.25, 0.3) is 5.91 Å². The fourth-order valence-corrected chi connectivity index (χ4v) is 5.02. The van der Waals surface area contributed by atoms with E-state index in [2.05, 4.69) is 25.3 Å². The first-order valence-corrected chi connectivity index (χ1v) is 12.6. The minimum Gasteiger partial charge on any atom is -0.450 e. The van der Waals surface area contributed by atoms with E-state index in [-0.39, 0.29) is 29.3 Å². The molecule has 13 heteroatoms. The number of hydrogen-bond acceptors (Lipinski definition) is 10. The maximum absolute atomic E-state index is 14.5. The summed E-state index contributed by atoms with van der Waals surface area (Å²) in [7, 11) is 0. The van der Waals surface area contributed by atoms with Crippen LogP contribution in [0.4, 0.5) is 20.3 Å². The van der Waals surface area contributed by atoms with Crippen LogP contribution in [0.25, 0.3) is 21.5 Å². The summed E-state index contributed by atoms with van der Waals surface area (Å²) >= 11 is 2.69. The fourth-order valence-electron chi connectivity index (χ4n) is 3.63. The van der Waals surface area contributed by atoms with Crippen LogP contribution >= 0.6 is 22.7 Å². The van der Waals surface area contributed by atoms with E-state index in [1.54, 1.807) is 33.7 Å². The molecule has 10 nitrogen and oxygen atoms in total. The van der Waals surface area contributed by atoms with E-state index in [1.807, 2.05) is 12.1 Å². The number of fused-ring (bicyclic) bond motifs is 1. The molecule has 35 heavy (non-hydrogen) atoms. The highest BCUT2D eigenvalue weighted by Gasteiger charge is 2.26. The summed E-state index contributed by atoms with van der Waals surface area (Å²) in [6.07, 6.45) is 0.731. The highest BCUT2D eigenvalue weighted by molar-refractivity contribution is 7.16. The Labute approximate surface area is 207 Å². The smallest absolute Gasteiger partial charge is 0.409 e. The minimum absolute atomic E-state index is 0.158. The Morgan fingerprint density at radius 3 is 2.71 bits per heavy atom. The summed E-state index contributed by atoms with van der Waals surface area (Å²) in [6.45, 7) is 3.66. The zero-order chi connectivity index (χ0) is 24.4. The average molecular weight is 514 g/mol. The lowest BCUT2D eigenvalue weighted by atomic mass is 10.1. The molecule has 0 unspecified atom stereocenters. The SMILES string of the molecule is CCOC(=O)N1CCN(C(=O)c2csc(Nc3ncc(F)c(-c4ccc5ncsc5c4)n3)n2)CC1. The first kappa shape index (κ1) is 23.1. The molecule has 1 fully saturated rings. The van der Waals surface area contributed by atoms with Gasteiger partial charge in [-0.25, -0.2) is 29.1 Å². The van der Waals surface area contributed by atoms with Crippen molar-refractivity contribution in [2.45, 2.75) is 6.92 Å². The lowest BCUT2D eigenvalue weighted by Crippen LogP contribution is -2.50. The molecular weight excluding hydrogens is 493 g/mol. The topological polar surface area (TPSA) is 113 Å². The number of hydrogen-bond donors (Lipinski definition) is 1. The number of anilines is 2. The summed E-state index contributed by atoms with van der Waals surface area (Å²) in [6, 6.07) is 5.42. The largest absolute Gasteiger partial charge is 0.450 e. The van der Waals surface area contributed by atoms with Crippen LogP contribution < -0.4 is 5.32 Å². The predicted octanol–water partition coefficient (Wildman–Crippen LogP) is 4.01. The Hall–Kier alpha value is -3.71. The number of halogens is 1. The van der Waals surface area contributed by atoms with Crippen molar-refractivity contribution in [3.05, 3.63) is 46.8 Å². The van der Waals surface area contributed by atoms with Crippen LogP contribution in [-0.4, -0.2) is 74.5 Å². The molecule has 180 valence electrons. The lowest BCUT2D eigenvalue weighted by Gasteiger charge is -2.33. The molecule has 4 aromatic rings. The second-order valence-corrected chi connectivity index (χ2v) is 9.31. The number of amides is 2. The van der Waals surface area contributed by atoms with Gasteiger partial charge in [-0.1, -0.05) is 6.07 Å². The number of ether oxygens (including phenoxy) is 1. The first-order chi connectivity index (χ1) is 17.0. The molecule has 0 radical (unpaired) electrons. The average Bonchev–Trinajstić information content (AvgIpc) is 3.54. The molecule has 1 aliphatic rings. The van der Waals surface area contributed by atoms with Crippen LogP contribution in [0.1, 0.15) is 17.4 Å². The second kappa shape index (κ2) is 9.88. The first-order valence-electron chi connectivity index (χ1n) is 10.8. The van der Waals surface area contributed by atoms with Crippen LogP contribution in [-0.2, 0) is 4.74 Å². The van der Waals surface area contributed by atoms with Gasteiger partial charge in [-0.3, -0.25) is 4.79 Å². The second-order valence-electron chi connectivity index (χ2n) is 7.57. The van der Waals surface area contributed by atoms with Crippen molar-refractivity contribution in [2.75, 3.05) is 38.1 Å². The molecule has 0 saturated carbocycles. The van der Waals surface area contributed by atoms with Gasteiger partial charge in [0, 0.05) is 37.1 Å². The molecule has 4 heterocycles. The van der Waals surface area contributed by atoms with Crippen LogP contribution in [0, 0.1) is 5.82 Å². The van der Waals surface area contributed by atoms with Crippen molar-refractivity contribution in [2.24, 2.45) is 0 Å². The van der Waals surface area contributed by atoms with E-state index < -0.39 is 5.82 Å². The van der Waals surface area contributed by atoms with Gasteiger partial charge in [0.05, 0.1) is 28.5 Å². The predicted molar refractivity (Wildman–Crippen MR) is 130 cm³/mol. The Bertz CT molecular complexity index is 1380. The number of nitrogens with one attached hydrogen (secondary N) is 1. The number of piperazine rings is 1. The zero-order valence-electron chi connectivity index (χ0n) is 18.6. The molecule has 0 spiro atoms. The molecule has 1 N–H and O–H groups in total. The molecule has 0 aliphatic carbocycles. The van der Waals surface area contributed by atoms with Gasteiger partial charge in [-0.15, -0.1) is 22.7 Å². The van der Waals surface area contributed by atoms with E-state index in [9.17, 15) is 14.0 Å². The number of carbonyl (C=O) groups is 2. The van der Waals surface area contributed by atoms with Crippen molar-refractivity contribution in [3.8, 4) is 11.3 Å². The van der Waals surface area contributed by atoms with Crippen molar-refractivity contribution in [1.29, 1.82) is 0 Å². The molecule has 2 amide bonds. The van der Waals surface area contributed by atoms with Gasteiger partial charge in [-0.2, -0.15) is 0 Å². The van der Waals surface area contributed by atoms with Crippen LogP contribution in [0.3, 0.4) is 0 Å². The van der Waals surface area contributed by atoms with E-state index >= 15 is 0 Å². The van der Waals surface area contributed by atoms with Crippen molar-refractivity contribution >= 4 is 56.0 Å². The molecular formula is C22H20FN7O3S2. The highest BCUT2D eigenvalue weighted by atomic mass is 32.1. The standard InChI is InChI=1S/C22H20FN7O3S2/c1-2-33-22(32)30-7-5-29(6-8-30)19(31)16-11-34-21(26-16)28-20-24-10-14(23)18(27-20)13-3-4-15-17(9-13)35-12-25-15/h3-4,9-12H,2,5-8H2,1H3,(H,24,26,27,28). The van der Waals surface area contributed by atoms with Crippen LogP contribution in [0.2, 0.25) is 0 Å². The molecule has 1 aliphatic heterocycles. The van der Waals surface area contributed by atoms with Crippen molar-refractivity contribution < 1.29 is 18.7 Å². The number of rotatable bonds is 5. The minimum atomic E-state index is -0.545. The summed E-state index contributed by atoms with van der Waals surface area (Å²) in [5.74, 6) is -0.602. The fraction of sp³-hybridized carbons (Fsp3) is 0.273. The van der Waals surface area contributed by atoms with Gasteiger partial charge < -0.3 is 19.9 Å².